The molecule has 1 unspecified atom stereocenters. The number of urea groups is 1. The number of nitrogens with zero attached hydrogens (tertiary/aromatic N) is 3. The number of aliphatic carboxylic acids is 1. The number of rotatable bonds is 7. The maximum Gasteiger partial charge on any atom is 0.317 e. The summed E-state index contributed by atoms with van der Waals surface area (Å²) in [5.74, 6) is -0.877. The summed E-state index contributed by atoms with van der Waals surface area (Å²) in [5.41, 5.74) is 0.947. The van der Waals surface area contributed by atoms with Crippen molar-refractivity contribution in [1.82, 2.24) is 20.0 Å². The fraction of sp³-hybridized carbons (Fsp3) is 0.615. The lowest BCUT2D eigenvalue weighted by molar-refractivity contribution is -0.138. The van der Waals surface area contributed by atoms with Gasteiger partial charge in [-0.1, -0.05) is 13.3 Å². The van der Waals surface area contributed by atoms with Crippen LogP contribution in [0.1, 0.15) is 25.3 Å². The van der Waals surface area contributed by atoms with Gasteiger partial charge in [0.05, 0.1) is 12.7 Å². The van der Waals surface area contributed by atoms with E-state index in [2.05, 4.69) is 10.4 Å². The first-order chi connectivity index (χ1) is 9.42. The van der Waals surface area contributed by atoms with E-state index in [9.17, 15) is 9.59 Å². The lowest BCUT2D eigenvalue weighted by Gasteiger charge is -2.19. The van der Waals surface area contributed by atoms with E-state index in [-0.39, 0.29) is 18.4 Å². The fourth-order valence-electron chi connectivity index (χ4n) is 1.87. The summed E-state index contributed by atoms with van der Waals surface area (Å²) in [6.45, 7) is 2.76. The van der Waals surface area contributed by atoms with Crippen LogP contribution in [0.3, 0.4) is 0 Å². The molecule has 1 aromatic rings. The summed E-state index contributed by atoms with van der Waals surface area (Å²) in [6, 6.07) is -0.210. The van der Waals surface area contributed by atoms with Crippen molar-refractivity contribution in [2.75, 3.05) is 13.6 Å². The van der Waals surface area contributed by atoms with Crippen LogP contribution in [0, 0.1) is 5.92 Å². The topological polar surface area (TPSA) is 87.5 Å². The quantitative estimate of drug-likeness (QED) is 0.783. The van der Waals surface area contributed by atoms with Crippen molar-refractivity contribution in [3.63, 3.8) is 0 Å². The third kappa shape index (κ3) is 5.29. The minimum atomic E-state index is -0.838. The highest BCUT2D eigenvalue weighted by Crippen LogP contribution is 2.07. The molecule has 1 heterocycles. The number of aryl methyl sites for hydroxylation is 1. The minimum Gasteiger partial charge on any atom is -0.481 e. The molecule has 0 saturated heterocycles. The smallest absolute Gasteiger partial charge is 0.317 e. The second kappa shape index (κ2) is 7.52. The molecule has 0 spiro atoms. The van der Waals surface area contributed by atoms with Crippen molar-refractivity contribution in [1.29, 1.82) is 0 Å². The number of carbonyl (C=O) groups is 2. The Labute approximate surface area is 118 Å². The lowest BCUT2D eigenvalue weighted by atomic mass is 10.0. The number of carboxylic acids is 1. The Morgan fingerprint density at radius 1 is 1.55 bits per heavy atom. The molecule has 0 aromatic carbocycles. The van der Waals surface area contributed by atoms with E-state index in [1.807, 2.05) is 20.2 Å². The molecule has 0 saturated carbocycles. The molecule has 2 amide bonds. The van der Waals surface area contributed by atoms with Gasteiger partial charge in [-0.2, -0.15) is 5.10 Å². The predicted molar refractivity (Wildman–Crippen MR) is 74.1 cm³/mol. The molecule has 1 atom stereocenters. The first kappa shape index (κ1) is 16.0. The Bertz CT molecular complexity index is 458. The number of hydrogen-bond donors (Lipinski definition) is 2. The summed E-state index contributed by atoms with van der Waals surface area (Å²) < 4.78 is 1.68. The van der Waals surface area contributed by atoms with Crippen LogP contribution in [0.4, 0.5) is 4.79 Å². The minimum absolute atomic E-state index is 0.0387. The Morgan fingerprint density at radius 2 is 2.25 bits per heavy atom. The van der Waals surface area contributed by atoms with Gasteiger partial charge >= 0.3 is 12.0 Å². The van der Waals surface area contributed by atoms with Gasteiger partial charge in [0.25, 0.3) is 0 Å². The van der Waals surface area contributed by atoms with E-state index in [0.29, 0.717) is 13.1 Å². The van der Waals surface area contributed by atoms with Crippen molar-refractivity contribution in [2.24, 2.45) is 13.0 Å². The van der Waals surface area contributed by atoms with Gasteiger partial charge in [0, 0.05) is 38.8 Å². The number of amides is 2. The highest BCUT2D eigenvalue weighted by molar-refractivity contribution is 5.74. The van der Waals surface area contributed by atoms with Gasteiger partial charge in [0.2, 0.25) is 0 Å². The molecule has 1 aromatic heterocycles. The van der Waals surface area contributed by atoms with Crippen molar-refractivity contribution in [2.45, 2.75) is 26.3 Å². The fourth-order valence-corrected chi connectivity index (χ4v) is 1.87. The number of aromatic nitrogens is 2. The van der Waals surface area contributed by atoms with E-state index in [4.69, 9.17) is 5.11 Å². The lowest BCUT2D eigenvalue weighted by Crippen LogP contribution is -2.39. The highest BCUT2D eigenvalue weighted by Gasteiger charge is 2.14. The van der Waals surface area contributed by atoms with Gasteiger partial charge in [-0.15, -0.1) is 0 Å². The van der Waals surface area contributed by atoms with Gasteiger partial charge in [-0.25, -0.2) is 4.79 Å². The SMILES string of the molecule is CCC(CNC(=O)N(C)Cc1cnn(C)c1)CC(=O)O. The van der Waals surface area contributed by atoms with Crippen LogP contribution in [0.15, 0.2) is 12.4 Å². The van der Waals surface area contributed by atoms with Crippen molar-refractivity contribution < 1.29 is 14.7 Å². The van der Waals surface area contributed by atoms with Gasteiger partial charge < -0.3 is 15.3 Å². The van der Waals surface area contributed by atoms with Crippen LogP contribution < -0.4 is 5.32 Å². The van der Waals surface area contributed by atoms with Crippen LogP contribution in [0.5, 0.6) is 0 Å². The zero-order valence-corrected chi connectivity index (χ0v) is 12.2. The van der Waals surface area contributed by atoms with E-state index in [1.165, 1.54) is 0 Å². The Kier molecular flexibility index (Phi) is 6.02. The average molecular weight is 282 g/mol. The Morgan fingerprint density at radius 3 is 2.75 bits per heavy atom. The van der Waals surface area contributed by atoms with E-state index < -0.39 is 5.97 Å². The molecule has 0 aliphatic rings. The molecule has 7 nitrogen and oxygen atoms in total. The summed E-state index contributed by atoms with van der Waals surface area (Å²) in [5, 5.41) is 15.6. The van der Waals surface area contributed by atoms with Crippen molar-refractivity contribution in [3.05, 3.63) is 18.0 Å². The maximum absolute atomic E-state index is 11.9. The first-order valence-corrected chi connectivity index (χ1v) is 6.60. The van der Waals surface area contributed by atoms with Gasteiger partial charge in [0.15, 0.2) is 0 Å². The van der Waals surface area contributed by atoms with Crippen molar-refractivity contribution in [3.8, 4) is 0 Å². The molecule has 20 heavy (non-hydrogen) atoms. The summed E-state index contributed by atoms with van der Waals surface area (Å²) >= 11 is 0. The van der Waals surface area contributed by atoms with E-state index in [1.54, 1.807) is 22.8 Å². The Hall–Kier alpha value is -2.05. The summed E-state index contributed by atoms with van der Waals surface area (Å²) in [6.07, 6.45) is 4.36. The van der Waals surface area contributed by atoms with Gasteiger partial charge in [-0.3, -0.25) is 9.48 Å². The molecule has 0 aliphatic heterocycles. The number of carboxylic acid groups (broad SMARTS) is 1. The third-order valence-electron chi connectivity index (χ3n) is 3.11. The molecule has 0 bridgehead atoms. The molecule has 0 fully saturated rings. The first-order valence-electron chi connectivity index (χ1n) is 6.60. The second-order valence-corrected chi connectivity index (χ2v) is 4.94. The Balaban J connectivity index is 2.39. The van der Waals surface area contributed by atoms with E-state index >= 15 is 0 Å². The largest absolute Gasteiger partial charge is 0.481 e. The molecule has 7 heteroatoms. The maximum atomic E-state index is 11.9. The molecular weight excluding hydrogens is 260 g/mol. The summed E-state index contributed by atoms with van der Waals surface area (Å²) in [4.78, 5) is 24.1. The number of nitrogens with one attached hydrogen (secondary N) is 1. The molecule has 0 radical (unpaired) electrons. The van der Waals surface area contributed by atoms with Gasteiger partial charge in [0.1, 0.15) is 0 Å². The molecule has 0 aliphatic carbocycles. The number of hydrogen-bond acceptors (Lipinski definition) is 3. The normalized spacial score (nSPS) is 11.9. The van der Waals surface area contributed by atoms with Crippen molar-refractivity contribution >= 4 is 12.0 Å². The zero-order valence-electron chi connectivity index (χ0n) is 12.2. The number of carbonyl (C=O) groups excluding carboxylic acids is 1. The molecular formula is C13H22N4O3. The predicted octanol–water partition coefficient (Wildman–Crippen LogP) is 1.06. The summed E-state index contributed by atoms with van der Waals surface area (Å²) in [7, 11) is 3.52. The average Bonchev–Trinajstić information content (AvgIpc) is 2.78. The monoisotopic (exact) mass is 282 g/mol. The van der Waals surface area contributed by atoms with Crippen LogP contribution in [0.2, 0.25) is 0 Å². The van der Waals surface area contributed by atoms with Crippen LogP contribution >= 0.6 is 0 Å². The standard InChI is InChI=1S/C13H22N4O3/c1-4-10(5-12(18)19)6-14-13(20)16(2)8-11-7-15-17(3)9-11/h7,9-10H,4-6,8H2,1-3H3,(H,14,20)(H,18,19). The zero-order chi connectivity index (χ0) is 15.1. The van der Waals surface area contributed by atoms with Crippen LogP contribution in [-0.4, -0.2) is 45.4 Å². The van der Waals surface area contributed by atoms with Crippen LogP contribution in [-0.2, 0) is 18.4 Å². The third-order valence-corrected chi connectivity index (χ3v) is 3.11. The highest BCUT2D eigenvalue weighted by atomic mass is 16.4. The van der Waals surface area contributed by atoms with Gasteiger partial charge in [-0.05, 0) is 5.92 Å². The van der Waals surface area contributed by atoms with E-state index in [0.717, 1.165) is 12.0 Å². The van der Waals surface area contributed by atoms with Crippen LogP contribution in [0.25, 0.3) is 0 Å². The second-order valence-electron chi connectivity index (χ2n) is 4.94. The molecule has 2 N–H and O–H groups in total. The molecule has 1 rings (SSSR count). The molecule has 112 valence electrons.